The third kappa shape index (κ3) is 5.13. The first-order valence-electron chi connectivity index (χ1n) is 6.65. The fraction of sp³-hybridized carbons (Fsp3) is 0.125. The molecule has 7 nitrogen and oxygen atoms in total. The summed E-state index contributed by atoms with van der Waals surface area (Å²) in [6, 6.07) is 7.45. The van der Waals surface area contributed by atoms with E-state index < -0.39 is 10.8 Å². The number of nitro groups is 1. The van der Waals surface area contributed by atoms with Crippen molar-refractivity contribution >= 4 is 17.3 Å². The number of hydrogen-bond donors (Lipinski definition) is 1. The average Bonchev–Trinajstić information content (AvgIpc) is 2.55. The number of nitrogens with zero attached hydrogens (tertiary/aromatic N) is 3. The van der Waals surface area contributed by atoms with Crippen LogP contribution in [0.5, 0.6) is 0 Å². The van der Waals surface area contributed by atoms with Crippen LogP contribution in [0.15, 0.2) is 61.3 Å². The highest BCUT2D eigenvalue weighted by molar-refractivity contribution is 5.97. The first kappa shape index (κ1) is 17.7. The maximum atomic E-state index is 12.2. The molecule has 1 rings (SSSR count). The topological polar surface area (TPSA) is 99.3 Å². The highest BCUT2D eigenvalue weighted by Crippen LogP contribution is 2.15. The molecule has 1 aromatic carbocycles. The monoisotopic (exact) mass is 312 g/mol. The van der Waals surface area contributed by atoms with E-state index in [0.717, 1.165) is 0 Å². The molecule has 0 fully saturated rings. The van der Waals surface area contributed by atoms with Gasteiger partial charge >= 0.3 is 0 Å². The van der Waals surface area contributed by atoms with E-state index in [9.17, 15) is 14.9 Å². The molecule has 0 heterocycles. The number of nitriles is 1. The molecule has 0 aliphatic rings. The van der Waals surface area contributed by atoms with Gasteiger partial charge in [-0.2, -0.15) is 5.26 Å². The Morgan fingerprint density at radius 1 is 1.30 bits per heavy atom. The van der Waals surface area contributed by atoms with E-state index in [4.69, 9.17) is 5.26 Å². The van der Waals surface area contributed by atoms with Crippen LogP contribution >= 0.6 is 0 Å². The van der Waals surface area contributed by atoms with Crippen LogP contribution in [0, 0.1) is 21.4 Å². The first-order valence-corrected chi connectivity index (χ1v) is 6.65. The summed E-state index contributed by atoms with van der Waals surface area (Å²) >= 11 is 0. The van der Waals surface area contributed by atoms with Crippen molar-refractivity contribution in [3.8, 4) is 6.07 Å². The summed E-state index contributed by atoms with van der Waals surface area (Å²) in [5, 5.41) is 22.5. The summed E-state index contributed by atoms with van der Waals surface area (Å²) in [6.45, 7) is 7.72. The zero-order valence-corrected chi connectivity index (χ0v) is 12.4. The number of anilines is 1. The quantitative estimate of drug-likeness (QED) is 0.261. The molecule has 0 aliphatic heterocycles. The Bertz CT molecular complexity index is 662. The number of rotatable bonds is 8. The number of non-ortho nitro benzene ring substituents is 1. The zero-order chi connectivity index (χ0) is 17.2. The molecule has 0 saturated carbocycles. The lowest BCUT2D eigenvalue weighted by molar-refractivity contribution is -0.384. The Morgan fingerprint density at radius 2 is 1.87 bits per heavy atom. The lowest BCUT2D eigenvalue weighted by Crippen LogP contribution is -2.32. The average molecular weight is 312 g/mol. The number of amides is 1. The van der Waals surface area contributed by atoms with Gasteiger partial charge in [0.15, 0.2) is 0 Å². The normalized spacial score (nSPS) is 10.3. The lowest BCUT2D eigenvalue weighted by atomic mass is 10.2. The standard InChI is InChI=1S/C16H16N4O3/c1-3-9-19(10-4-2)16(21)13(11-17)12-18-14-5-7-15(8-6-14)20(22)23/h3-8,12,18H,1-2,9-10H2/b13-12-. The van der Waals surface area contributed by atoms with Gasteiger partial charge in [0.25, 0.3) is 11.6 Å². The van der Waals surface area contributed by atoms with E-state index in [1.165, 1.54) is 35.4 Å². The van der Waals surface area contributed by atoms with E-state index in [-0.39, 0.29) is 11.3 Å². The van der Waals surface area contributed by atoms with E-state index in [1.807, 2.05) is 6.07 Å². The summed E-state index contributed by atoms with van der Waals surface area (Å²) in [7, 11) is 0. The largest absolute Gasteiger partial charge is 0.360 e. The van der Waals surface area contributed by atoms with Crippen LogP contribution in [0.3, 0.4) is 0 Å². The Hall–Kier alpha value is -3.40. The number of benzene rings is 1. The van der Waals surface area contributed by atoms with Crippen LogP contribution in [-0.4, -0.2) is 28.8 Å². The second-order valence-corrected chi connectivity index (χ2v) is 4.41. The van der Waals surface area contributed by atoms with Crippen molar-refractivity contribution in [3.05, 3.63) is 71.5 Å². The van der Waals surface area contributed by atoms with E-state index in [2.05, 4.69) is 18.5 Å². The summed E-state index contributed by atoms with van der Waals surface area (Å²) < 4.78 is 0. The smallest absolute Gasteiger partial charge is 0.269 e. The molecule has 118 valence electrons. The van der Waals surface area contributed by atoms with Gasteiger partial charge < -0.3 is 10.2 Å². The molecule has 1 aromatic rings. The fourth-order valence-electron chi connectivity index (χ4n) is 1.70. The van der Waals surface area contributed by atoms with Gasteiger partial charge in [-0.3, -0.25) is 14.9 Å². The van der Waals surface area contributed by atoms with E-state index in [1.54, 1.807) is 12.2 Å². The molecule has 23 heavy (non-hydrogen) atoms. The van der Waals surface area contributed by atoms with Crippen molar-refractivity contribution in [2.75, 3.05) is 18.4 Å². The molecular weight excluding hydrogens is 296 g/mol. The maximum absolute atomic E-state index is 12.2. The van der Waals surface area contributed by atoms with Crippen molar-refractivity contribution in [1.29, 1.82) is 5.26 Å². The number of carbonyl (C=O) groups is 1. The third-order valence-corrected chi connectivity index (χ3v) is 2.80. The van der Waals surface area contributed by atoms with Crippen molar-refractivity contribution in [1.82, 2.24) is 4.90 Å². The van der Waals surface area contributed by atoms with Crippen molar-refractivity contribution in [2.45, 2.75) is 0 Å². The molecule has 0 atom stereocenters. The van der Waals surface area contributed by atoms with E-state index >= 15 is 0 Å². The second-order valence-electron chi connectivity index (χ2n) is 4.41. The second kappa shape index (κ2) is 8.79. The van der Waals surface area contributed by atoms with Gasteiger partial charge in [-0.25, -0.2) is 0 Å². The van der Waals surface area contributed by atoms with Gasteiger partial charge in [-0.1, -0.05) is 12.2 Å². The molecule has 1 amide bonds. The molecule has 0 spiro atoms. The van der Waals surface area contributed by atoms with Crippen molar-refractivity contribution in [3.63, 3.8) is 0 Å². The Kier molecular flexibility index (Phi) is 6.75. The van der Waals surface area contributed by atoms with Gasteiger partial charge in [0.2, 0.25) is 0 Å². The van der Waals surface area contributed by atoms with Crippen molar-refractivity contribution < 1.29 is 9.72 Å². The molecule has 0 unspecified atom stereocenters. The molecule has 1 N–H and O–H groups in total. The van der Waals surface area contributed by atoms with Crippen LogP contribution in [0.25, 0.3) is 0 Å². The number of hydrogen-bond acceptors (Lipinski definition) is 5. The first-order chi connectivity index (χ1) is 11.0. The summed E-state index contributed by atoms with van der Waals surface area (Å²) in [4.78, 5) is 23.7. The van der Waals surface area contributed by atoms with Crippen LogP contribution in [-0.2, 0) is 4.79 Å². The highest BCUT2D eigenvalue weighted by atomic mass is 16.6. The maximum Gasteiger partial charge on any atom is 0.269 e. The van der Waals surface area contributed by atoms with Crippen LogP contribution < -0.4 is 5.32 Å². The van der Waals surface area contributed by atoms with E-state index in [0.29, 0.717) is 18.8 Å². The molecule has 0 bridgehead atoms. The summed E-state index contributed by atoms with van der Waals surface area (Å²) in [5.41, 5.74) is 0.390. The number of nitro benzene ring substituents is 1. The predicted molar refractivity (Wildman–Crippen MR) is 87.4 cm³/mol. The Balaban J connectivity index is 2.87. The highest BCUT2D eigenvalue weighted by Gasteiger charge is 2.16. The van der Waals surface area contributed by atoms with Crippen LogP contribution in [0.1, 0.15) is 0 Å². The van der Waals surface area contributed by atoms with Crippen LogP contribution in [0.2, 0.25) is 0 Å². The SMILES string of the molecule is C=CCN(CC=C)C(=O)/C(C#N)=C\Nc1ccc([N+](=O)[O-])cc1. The van der Waals surface area contributed by atoms with Gasteiger partial charge in [-0.15, -0.1) is 13.2 Å². The minimum atomic E-state index is -0.508. The number of nitrogens with one attached hydrogen (secondary N) is 1. The minimum absolute atomic E-state index is 0.0424. The molecule has 0 saturated heterocycles. The predicted octanol–water partition coefficient (Wildman–Crippen LogP) is 2.61. The van der Waals surface area contributed by atoms with Gasteiger partial charge in [0.05, 0.1) is 4.92 Å². The molecule has 0 aromatic heterocycles. The van der Waals surface area contributed by atoms with Gasteiger partial charge in [0, 0.05) is 37.1 Å². The summed E-state index contributed by atoms with van der Waals surface area (Å²) in [5.74, 6) is -0.457. The van der Waals surface area contributed by atoms with Crippen molar-refractivity contribution in [2.24, 2.45) is 0 Å². The minimum Gasteiger partial charge on any atom is -0.360 e. The lowest BCUT2D eigenvalue weighted by Gasteiger charge is -2.18. The summed E-state index contributed by atoms with van der Waals surface area (Å²) in [6.07, 6.45) is 4.38. The fourth-order valence-corrected chi connectivity index (χ4v) is 1.70. The molecule has 0 radical (unpaired) electrons. The molecule has 7 heteroatoms. The zero-order valence-electron chi connectivity index (χ0n) is 12.4. The Morgan fingerprint density at radius 3 is 2.30 bits per heavy atom. The molecular formula is C16H16N4O3. The van der Waals surface area contributed by atoms with Gasteiger partial charge in [-0.05, 0) is 12.1 Å². The number of carbonyl (C=O) groups excluding carboxylic acids is 1. The molecule has 0 aliphatic carbocycles. The third-order valence-electron chi connectivity index (χ3n) is 2.80. The van der Waals surface area contributed by atoms with Gasteiger partial charge in [0.1, 0.15) is 11.6 Å². The van der Waals surface area contributed by atoms with Crippen LogP contribution in [0.4, 0.5) is 11.4 Å². The Labute approximate surface area is 134 Å².